The first-order valence-corrected chi connectivity index (χ1v) is 19.6. The molecule has 3 saturated heterocycles. The van der Waals surface area contributed by atoms with Crippen LogP contribution in [0.15, 0.2) is 0 Å². The Hall–Kier alpha value is -0.970. The van der Waals surface area contributed by atoms with E-state index in [0.717, 1.165) is 12.8 Å². The zero-order chi connectivity index (χ0) is 39.1. The highest BCUT2D eigenvalue weighted by atomic mass is 16.7. The van der Waals surface area contributed by atoms with Crippen molar-refractivity contribution >= 4 is 5.97 Å². The van der Waals surface area contributed by atoms with Gasteiger partial charge in [-0.3, -0.25) is 4.79 Å². The summed E-state index contributed by atoms with van der Waals surface area (Å²) in [6, 6.07) is -0.809. The molecule has 0 bridgehead atoms. The van der Waals surface area contributed by atoms with Gasteiger partial charge in [-0.1, -0.05) is 20.8 Å². The summed E-state index contributed by atoms with van der Waals surface area (Å²) in [5.41, 5.74) is -3.93. The predicted molar refractivity (Wildman–Crippen MR) is 195 cm³/mol. The summed E-state index contributed by atoms with van der Waals surface area (Å²) >= 11 is 0. The van der Waals surface area contributed by atoms with Gasteiger partial charge >= 0.3 is 5.97 Å². The van der Waals surface area contributed by atoms with E-state index >= 15 is 0 Å². The van der Waals surface area contributed by atoms with E-state index in [1.165, 1.54) is 6.92 Å². The number of hydrogen-bond donors (Lipinski definition) is 5. The van der Waals surface area contributed by atoms with E-state index in [0.29, 0.717) is 19.4 Å². The van der Waals surface area contributed by atoms with Crippen LogP contribution in [0, 0.1) is 23.2 Å². The van der Waals surface area contributed by atoms with Crippen molar-refractivity contribution in [3.8, 4) is 0 Å². The molecule has 1 spiro atoms. The molecule has 0 radical (unpaired) electrons. The molecule has 4 aliphatic rings. The molecular formula is C39H72N2O11. The number of rotatable bonds is 7. The summed E-state index contributed by atoms with van der Waals surface area (Å²) in [6.45, 7) is 18.8. The lowest BCUT2D eigenvalue weighted by Gasteiger charge is -2.50. The average molecular weight is 745 g/mol. The summed E-state index contributed by atoms with van der Waals surface area (Å²) in [5, 5.41) is 50.3. The molecule has 4 rings (SSSR count). The van der Waals surface area contributed by atoms with Crippen molar-refractivity contribution in [2.45, 2.75) is 192 Å². The maximum Gasteiger partial charge on any atom is 0.311 e. The van der Waals surface area contributed by atoms with Gasteiger partial charge in [0.15, 0.2) is 12.6 Å². The van der Waals surface area contributed by atoms with Crippen LogP contribution in [0.2, 0.25) is 0 Å². The van der Waals surface area contributed by atoms with Crippen molar-refractivity contribution in [2.75, 3.05) is 27.7 Å². The highest BCUT2D eigenvalue weighted by Gasteiger charge is 2.65. The van der Waals surface area contributed by atoms with Crippen LogP contribution in [0.4, 0.5) is 0 Å². The van der Waals surface area contributed by atoms with Crippen molar-refractivity contribution in [1.29, 1.82) is 0 Å². The molecule has 4 fully saturated rings. The molecular weight excluding hydrogens is 672 g/mol. The van der Waals surface area contributed by atoms with Crippen molar-refractivity contribution in [3.05, 3.63) is 0 Å². The second-order valence-corrected chi connectivity index (χ2v) is 17.7. The second-order valence-electron chi connectivity index (χ2n) is 17.7. The zero-order valence-corrected chi connectivity index (χ0v) is 34.1. The van der Waals surface area contributed by atoms with E-state index in [4.69, 9.17) is 28.4 Å². The largest absolute Gasteiger partial charge is 0.459 e. The lowest BCUT2D eigenvalue weighted by Crippen LogP contribution is -2.60. The monoisotopic (exact) mass is 745 g/mol. The molecule has 13 heteroatoms. The SMILES string of the molecule is CC[C@H]1OC(=O)[C@H](C)[C@@H](O[C@H]2C[C@@](C)(OC)C3(CC3)[C@H](C)O2)[C@H](C)[C@@H](O[C@@H]2O[C@H](C)C[C@H](N(C)C)[C@H]2O)[C@](C)(O)C[C@@H](C)CN[C@H](C)[C@@H](O)[C@]1(C)O. The van der Waals surface area contributed by atoms with Crippen LogP contribution in [0.3, 0.4) is 0 Å². The highest BCUT2D eigenvalue weighted by Crippen LogP contribution is 2.63. The minimum atomic E-state index is -1.77. The number of nitrogens with zero attached hydrogens (tertiary/aromatic N) is 1. The minimum absolute atomic E-state index is 0.120. The van der Waals surface area contributed by atoms with Crippen LogP contribution < -0.4 is 5.32 Å². The van der Waals surface area contributed by atoms with Crippen molar-refractivity contribution in [3.63, 3.8) is 0 Å². The Morgan fingerprint density at radius 2 is 1.60 bits per heavy atom. The molecule has 0 aromatic carbocycles. The van der Waals surface area contributed by atoms with Crippen LogP contribution >= 0.6 is 0 Å². The first-order chi connectivity index (χ1) is 24.0. The molecule has 0 aromatic heterocycles. The molecule has 0 amide bonds. The van der Waals surface area contributed by atoms with Gasteiger partial charge in [0, 0.05) is 36.9 Å². The summed E-state index contributed by atoms with van der Waals surface area (Å²) in [4.78, 5) is 16.2. The smallest absolute Gasteiger partial charge is 0.311 e. The molecule has 1 saturated carbocycles. The Bertz CT molecular complexity index is 1180. The standard InChI is InChI=1S/C39H72N2O11/c1-14-28-38(10,46)32(43)25(6)40-20-21(2)18-36(8,45)33(52-35-30(42)27(41(11)12)17-22(3)48-35)23(4)31(24(5)34(44)50-28)51-29-19-37(9,47-13)39(15-16-39)26(7)49-29/h21-33,35,40,42-43,45-46H,14-20H2,1-13H3/t21-,22-,23+,24-,25-,26+,27+,28-,29+,30-,31+,32-,33-,35+,36-,37-,38-/m1/s1. The number of carbonyl (C=O) groups excluding carboxylic acids is 1. The molecule has 1 aliphatic carbocycles. The molecule has 13 nitrogen and oxygen atoms in total. The van der Waals surface area contributed by atoms with Crippen LogP contribution in [-0.4, -0.2) is 143 Å². The van der Waals surface area contributed by atoms with E-state index < -0.39 is 83.7 Å². The Morgan fingerprint density at radius 1 is 0.962 bits per heavy atom. The lowest BCUT2D eigenvalue weighted by atomic mass is 9.76. The first-order valence-electron chi connectivity index (χ1n) is 19.6. The minimum Gasteiger partial charge on any atom is -0.459 e. The molecule has 3 aliphatic heterocycles. The highest BCUT2D eigenvalue weighted by molar-refractivity contribution is 5.73. The van der Waals surface area contributed by atoms with E-state index in [1.807, 2.05) is 46.7 Å². The second kappa shape index (κ2) is 16.6. The van der Waals surface area contributed by atoms with Gasteiger partial charge in [-0.25, -0.2) is 0 Å². The number of aliphatic hydroxyl groups excluding tert-OH is 2. The number of aliphatic hydroxyl groups is 4. The van der Waals surface area contributed by atoms with E-state index in [1.54, 1.807) is 34.8 Å². The molecule has 0 aromatic rings. The summed E-state index contributed by atoms with van der Waals surface area (Å²) in [6.07, 6.45) is -3.94. The molecule has 304 valence electrons. The van der Waals surface area contributed by atoms with Crippen LogP contribution in [0.5, 0.6) is 0 Å². The molecule has 3 heterocycles. The average Bonchev–Trinajstić information content (AvgIpc) is 3.88. The number of hydrogen-bond acceptors (Lipinski definition) is 13. The summed E-state index contributed by atoms with van der Waals surface area (Å²) in [5.74, 6) is -2.37. The van der Waals surface area contributed by atoms with Crippen LogP contribution in [0.25, 0.3) is 0 Å². The van der Waals surface area contributed by atoms with Gasteiger partial charge in [0.05, 0.1) is 41.5 Å². The lowest BCUT2D eigenvalue weighted by molar-refractivity contribution is -0.316. The summed E-state index contributed by atoms with van der Waals surface area (Å²) in [7, 11) is 5.52. The van der Waals surface area contributed by atoms with Gasteiger partial charge in [-0.05, 0) is 107 Å². The van der Waals surface area contributed by atoms with Crippen molar-refractivity contribution < 1.29 is 53.6 Å². The fraction of sp³-hybridized carbons (Fsp3) is 0.974. The quantitative estimate of drug-likeness (QED) is 0.242. The van der Waals surface area contributed by atoms with E-state index in [9.17, 15) is 25.2 Å². The Labute approximate surface area is 312 Å². The van der Waals surface area contributed by atoms with Crippen LogP contribution in [0.1, 0.15) is 108 Å². The zero-order valence-electron chi connectivity index (χ0n) is 34.1. The first kappa shape index (κ1) is 43.8. The number of likely N-dealkylation sites (N-methyl/N-ethyl adjacent to an activating group) is 1. The van der Waals surface area contributed by atoms with Crippen LogP contribution in [-0.2, 0) is 33.2 Å². The number of carbonyl (C=O) groups is 1. The van der Waals surface area contributed by atoms with Gasteiger partial charge in [0.25, 0.3) is 0 Å². The molecule has 17 atom stereocenters. The van der Waals surface area contributed by atoms with E-state index in [2.05, 4.69) is 12.2 Å². The van der Waals surface area contributed by atoms with Gasteiger partial charge in [0.2, 0.25) is 0 Å². The van der Waals surface area contributed by atoms with Gasteiger partial charge < -0.3 is 59.1 Å². The van der Waals surface area contributed by atoms with Crippen molar-refractivity contribution in [2.24, 2.45) is 23.2 Å². The Balaban J connectivity index is 1.79. The third-order valence-corrected chi connectivity index (χ3v) is 13.2. The maximum absolute atomic E-state index is 14.2. The van der Waals surface area contributed by atoms with Gasteiger partial charge in [-0.15, -0.1) is 0 Å². The molecule has 52 heavy (non-hydrogen) atoms. The fourth-order valence-electron chi connectivity index (χ4n) is 9.56. The summed E-state index contributed by atoms with van der Waals surface area (Å²) < 4.78 is 38.6. The van der Waals surface area contributed by atoms with Crippen molar-refractivity contribution in [1.82, 2.24) is 10.2 Å². The number of nitrogens with one attached hydrogen (secondary N) is 1. The Morgan fingerprint density at radius 3 is 2.15 bits per heavy atom. The Kier molecular flexibility index (Phi) is 14.0. The normalized spacial score (nSPS) is 49.6. The molecule has 5 N–H and O–H groups in total. The maximum atomic E-state index is 14.2. The third-order valence-electron chi connectivity index (χ3n) is 13.2. The van der Waals surface area contributed by atoms with E-state index in [-0.39, 0.29) is 42.4 Å². The molecule has 0 unspecified atom stereocenters. The number of cyclic esters (lactones) is 1. The number of methoxy groups -OCH3 is 1. The topological polar surface area (TPSA) is 169 Å². The predicted octanol–water partition coefficient (Wildman–Crippen LogP) is 2.98. The van der Waals surface area contributed by atoms with Gasteiger partial charge in [0.1, 0.15) is 23.9 Å². The number of ether oxygens (including phenoxy) is 6. The number of esters is 1. The van der Waals surface area contributed by atoms with Gasteiger partial charge in [-0.2, -0.15) is 0 Å². The fourth-order valence-corrected chi connectivity index (χ4v) is 9.56. The third kappa shape index (κ3) is 8.85.